The van der Waals surface area contributed by atoms with Gasteiger partial charge in [-0.3, -0.25) is 10.1 Å². The van der Waals surface area contributed by atoms with Crippen molar-refractivity contribution in [1.82, 2.24) is 5.32 Å². The van der Waals surface area contributed by atoms with E-state index in [0.29, 0.717) is 10.6 Å². The molecule has 0 aliphatic rings. The number of anilines is 1. The van der Waals surface area contributed by atoms with Gasteiger partial charge in [0.25, 0.3) is 5.91 Å². The van der Waals surface area contributed by atoms with E-state index in [1.807, 2.05) is 32.0 Å². The second-order valence-corrected chi connectivity index (χ2v) is 5.58. The number of amides is 1. The Bertz CT molecular complexity index is 683. The molecule has 0 heterocycles. The monoisotopic (exact) mass is 318 g/mol. The molecule has 1 amide bonds. The van der Waals surface area contributed by atoms with Crippen molar-refractivity contribution in [2.45, 2.75) is 13.8 Å². The van der Waals surface area contributed by atoms with Crippen molar-refractivity contribution in [2.24, 2.45) is 0 Å². The summed E-state index contributed by atoms with van der Waals surface area (Å²) in [6.07, 6.45) is 0. The maximum Gasteiger partial charge on any atom is 0.257 e. The summed E-state index contributed by atoms with van der Waals surface area (Å²) in [4.78, 5) is 12.0. The highest BCUT2D eigenvalue weighted by Crippen LogP contribution is 2.16. The first-order valence-electron chi connectivity index (χ1n) is 6.41. The number of benzene rings is 2. The van der Waals surface area contributed by atoms with Gasteiger partial charge in [-0.2, -0.15) is 0 Å². The normalized spacial score (nSPS) is 10.0. The minimum absolute atomic E-state index is 0.267. The number of carbonyl (C=O) groups is 1. The predicted molar refractivity (Wildman–Crippen MR) is 91.1 cm³/mol. The molecule has 0 bridgehead atoms. The molecule has 0 saturated carbocycles. The number of carbonyl (C=O) groups excluding carboxylic acids is 1. The molecule has 2 aromatic carbocycles. The van der Waals surface area contributed by atoms with E-state index < -0.39 is 0 Å². The largest absolute Gasteiger partial charge is 0.332 e. The molecule has 0 radical (unpaired) electrons. The van der Waals surface area contributed by atoms with Gasteiger partial charge in [0, 0.05) is 16.3 Å². The van der Waals surface area contributed by atoms with Crippen molar-refractivity contribution in [3.8, 4) is 0 Å². The van der Waals surface area contributed by atoms with Gasteiger partial charge in [-0.25, -0.2) is 0 Å². The topological polar surface area (TPSA) is 41.1 Å². The summed E-state index contributed by atoms with van der Waals surface area (Å²) in [6, 6.07) is 12.6. The van der Waals surface area contributed by atoms with E-state index in [1.54, 1.807) is 24.3 Å². The molecule has 21 heavy (non-hydrogen) atoms. The molecule has 0 aliphatic carbocycles. The zero-order chi connectivity index (χ0) is 15.4. The lowest BCUT2D eigenvalue weighted by Crippen LogP contribution is -2.34. The van der Waals surface area contributed by atoms with Crippen LogP contribution in [0.1, 0.15) is 21.5 Å². The van der Waals surface area contributed by atoms with Gasteiger partial charge in [0.15, 0.2) is 5.11 Å². The first-order chi connectivity index (χ1) is 9.95. The van der Waals surface area contributed by atoms with Crippen molar-refractivity contribution in [3.05, 3.63) is 64.2 Å². The van der Waals surface area contributed by atoms with Gasteiger partial charge >= 0.3 is 0 Å². The molecule has 2 N–H and O–H groups in total. The Morgan fingerprint density at radius 2 is 1.76 bits per heavy atom. The Morgan fingerprint density at radius 1 is 1.10 bits per heavy atom. The first-order valence-corrected chi connectivity index (χ1v) is 7.19. The van der Waals surface area contributed by atoms with Gasteiger partial charge in [0.05, 0.1) is 0 Å². The van der Waals surface area contributed by atoms with E-state index in [1.165, 1.54) is 0 Å². The van der Waals surface area contributed by atoms with Gasteiger partial charge in [-0.05, 0) is 67.5 Å². The van der Waals surface area contributed by atoms with Gasteiger partial charge in [-0.1, -0.05) is 23.7 Å². The molecule has 0 aliphatic heterocycles. The number of rotatable bonds is 2. The SMILES string of the molecule is Cc1ccc(C)c(NC(=S)NC(=O)c2ccc(Cl)cc2)c1. The van der Waals surface area contributed by atoms with Crippen LogP contribution in [-0.4, -0.2) is 11.0 Å². The van der Waals surface area contributed by atoms with Crippen molar-refractivity contribution in [1.29, 1.82) is 0 Å². The van der Waals surface area contributed by atoms with Crippen LogP contribution >= 0.6 is 23.8 Å². The molecule has 3 nitrogen and oxygen atoms in total. The van der Waals surface area contributed by atoms with Crippen LogP contribution in [0.15, 0.2) is 42.5 Å². The second kappa shape index (κ2) is 6.70. The minimum Gasteiger partial charge on any atom is -0.332 e. The van der Waals surface area contributed by atoms with Gasteiger partial charge in [0.1, 0.15) is 0 Å². The van der Waals surface area contributed by atoms with E-state index >= 15 is 0 Å². The number of nitrogens with one attached hydrogen (secondary N) is 2. The standard InChI is InChI=1S/C16H15ClN2OS/c1-10-3-4-11(2)14(9-10)18-16(21)19-15(20)12-5-7-13(17)8-6-12/h3-9H,1-2H3,(H2,18,19,20,21). The second-order valence-electron chi connectivity index (χ2n) is 4.73. The zero-order valence-corrected chi connectivity index (χ0v) is 13.3. The Labute approximate surface area is 134 Å². The average Bonchev–Trinajstić information content (AvgIpc) is 2.43. The van der Waals surface area contributed by atoms with Crippen molar-refractivity contribution in [2.75, 3.05) is 5.32 Å². The molecule has 0 fully saturated rings. The molecule has 108 valence electrons. The third kappa shape index (κ3) is 4.28. The molecule has 0 unspecified atom stereocenters. The highest BCUT2D eigenvalue weighted by atomic mass is 35.5. The van der Waals surface area contributed by atoms with Crippen LogP contribution in [0.2, 0.25) is 5.02 Å². The number of aryl methyl sites for hydroxylation is 2. The van der Waals surface area contributed by atoms with E-state index in [4.69, 9.17) is 23.8 Å². The maximum absolute atomic E-state index is 12.0. The third-order valence-corrected chi connectivity index (χ3v) is 3.43. The van der Waals surface area contributed by atoms with Gasteiger partial charge < -0.3 is 5.32 Å². The van der Waals surface area contributed by atoms with Crippen LogP contribution in [0, 0.1) is 13.8 Å². The molecule has 5 heteroatoms. The summed E-state index contributed by atoms with van der Waals surface area (Å²) in [7, 11) is 0. The zero-order valence-electron chi connectivity index (χ0n) is 11.7. The number of hydrogen-bond donors (Lipinski definition) is 2. The molecule has 2 aromatic rings. The van der Waals surface area contributed by atoms with Crippen molar-refractivity contribution in [3.63, 3.8) is 0 Å². The summed E-state index contributed by atoms with van der Waals surface area (Å²) in [5.74, 6) is -0.269. The summed E-state index contributed by atoms with van der Waals surface area (Å²) >= 11 is 11.0. The summed E-state index contributed by atoms with van der Waals surface area (Å²) < 4.78 is 0. The van der Waals surface area contributed by atoms with Gasteiger partial charge in [0.2, 0.25) is 0 Å². The Balaban J connectivity index is 2.03. The van der Waals surface area contributed by atoms with Crippen LogP contribution in [-0.2, 0) is 0 Å². The van der Waals surface area contributed by atoms with E-state index in [-0.39, 0.29) is 11.0 Å². The van der Waals surface area contributed by atoms with Crippen LogP contribution in [0.5, 0.6) is 0 Å². The fraction of sp³-hybridized carbons (Fsp3) is 0.125. The first kappa shape index (κ1) is 15.5. The lowest BCUT2D eigenvalue weighted by molar-refractivity contribution is 0.0978. The third-order valence-electron chi connectivity index (χ3n) is 2.97. The Hall–Kier alpha value is -1.91. The number of halogens is 1. The fourth-order valence-corrected chi connectivity index (χ4v) is 2.13. The molecule has 0 saturated heterocycles. The van der Waals surface area contributed by atoms with Crippen molar-refractivity contribution >= 4 is 40.5 Å². The highest BCUT2D eigenvalue weighted by Gasteiger charge is 2.08. The maximum atomic E-state index is 12.0. The minimum atomic E-state index is -0.269. The molecular weight excluding hydrogens is 304 g/mol. The summed E-state index contributed by atoms with van der Waals surface area (Å²) in [5, 5.41) is 6.54. The summed E-state index contributed by atoms with van der Waals surface area (Å²) in [5.41, 5.74) is 3.57. The summed E-state index contributed by atoms with van der Waals surface area (Å²) in [6.45, 7) is 3.98. The smallest absolute Gasteiger partial charge is 0.257 e. The van der Waals surface area contributed by atoms with E-state index in [0.717, 1.165) is 16.8 Å². The van der Waals surface area contributed by atoms with Crippen molar-refractivity contribution < 1.29 is 4.79 Å². The number of thiocarbonyl (C=S) groups is 1. The molecule has 0 aromatic heterocycles. The highest BCUT2D eigenvalue weighted by molar-refractivity contribution is 7.80. The molecule has 2 rings (SSSR count). The Kier molecular flexibility index (Phi) is 4.94. The molecular formula is C16H15ClN2OS. The Morgan fingerprint density at radius 3 is 2.43 bits per heavy atom. The predicted octanol–water partition coefficient (Wildman–Crippen LogP) is 4.08. The number of hydrogen-bond acceptors (Lipinski definition) is 2. The van der Waals surface area contributed by atoms with Crippen LogP contribution in [0.25, 0.3) is 0 Å². The van der Waals surface area contributed by atoms with E-state index in [9.17, 15) is 4.79 Å². The van der Waals surface area contributed by atoms with Gasteiger partial charge in [-0.15, -0.1) is 0 Å². The quantitative estimate of drug-likeness (QED) is 0.820. The van der Waals surface area contributed by atoms with Crippen LogP contribution in [0.4, 0.5) is 5.69 Å². The van der Waals surface area contributed by atoms with E-state index in [2.05, 4.69) is 10.6 Å². The van der Waals surface area contributed by atoms with Crippen LogP contribution < -0.4 is 10.6 Å². The lowest BCUT2D eigenvalue weighted by Gasteiger charge is -2.12. The molecule has 0 atom stereocenters. The lowest BCUT2D eigenvalue weighted by atomic mass is 10.1. The van der Waals surface area contributed by atoms with Crippen LogP contribution in [0.3, 0.4) is 0 Å². The molecule has 0 spiro atoms. The average molecular weight is 319 g/mol. The fourth-order valence-electron chi connectivity index (χ4n) is 1.80.